The van der Waals surface area contributed by atoms with Gasteiger partial charge in [-0.3, -0.25) is 25.8 Å². The number of hydrogen-bond donors (Lipinski definition) is 3. The highest BCUT2D eigenvalue weighted by atomic mass is 79.9. The second-order valence-electron chi connectivity index (χ2n) is 8.32. The summed E-state index contributed by atoms with van der Waals surface area (Å²) in [6.45, 7) is 5.13. The number of amides is 2. The Labute approximate surface area is 224 Å². The monoisotopic (exact) mass is 569 g/mol. The summed E-state index contributed by atoms with van der Waals surface area (Å²) in [6.07, 6.45) is 0.703. The van der Waals surface area contributed by atoms with Gasteiger partial charge < -0.3 is 9.47 Å². The summed E-state index contributed by atoms with van der Waals surface area (Å²) in [6, 6.07) is 21.9. The first kappa shape index (κ1) is 27.2. The lowest BCUT2D eigenvalue weighted by molar-refractivity contribution is 0.0933. The van der Waals surface area contributed by atoms with E-state index in [1.807, 2.05) is 30.3 Å². The maximum absolute atomic E-state index is 12.9. The number of hydrazine groups is 1. The van der Waals surface area contributed by atoms with Gasteiger partial charge in [-0.05, 0) is 66.2 Å². The molecule has 0 atom stereocenters. The van der Waals surface area contributed by atoms with E-state index in [1.54, 1.807) is 42.5 Å². The SMILES string of the molecule is CC(C)COc1ccc(C(=O)NNC(=S)NC(=O)c2cc(Br)ccc2OCCc2ccccc2)cc1. The van der Waals surface area contributed by atoms with Crippen LogP contribution >= 0.6 is 28.1 Å². The minimum absolute atomic E-state index is 0.0551. The summed E-state index contributed by atoms with van der Waals surface area (Å²) < 4.78 is 12.2. The first-order chi connectivity index (χ1) is 17.3. The van der Waals surface area contributed by atoms with E-state index in [2.05, 4.69) is 45.9 Å². The quantitative estimate of drug-likeness (QED) is 0.247. The second-order valence-corrected chi connectivity index (χ2v) is 9.64. The fraction of sp³-hybridized carbons (Fsp3) is 0.222. The summed E-state index contributed by atoms with van der Waals surface area (Å²) in [5.74, 6) is 0.645. The Morgan fingerprint density at radius 2 is 1.64 bits per heavy atom. The Bertz CT molecular complexity index is 1190. The minimum Gasteiger partial charge on any atom is -0.493 e. The van der Waals surface area contributed by atoms with Crippen LogP contribution in [0, 0.1) is 5.92 Å². The average Bonchev–Trinajstić information content (AvgIpc) is 2.87. The molecule has 188 valence electrons. The molecule has 0 fully saturated rings. The molecule has 2 amide bonds. The van der Waals surface area contributed by atoms with Gasteiger partial charge in [0.1, 0.15) is 11.5 Å². The Balaban J connectivity index is 1.51. The third-order valence-corrected chi connectivity index (χ3v) is 5.59. The second kappa shape index (κ2) is 13.6. The van der Waals surface area contributed by atoms with Gasteiger partial charge in [0, 0.05) is 16.5 Å². The van der Waals surface area contributed by atoms with Crippen LogP contribution in [-0.4, -0.2) is 30.1 Å². The number of carbonyl (C=O) groups excluding carboxylic acids is 2. The van der Waals surface area contributed by atoms with E-state index in [-0.39, 0.29) is 5.11 Å². The number of benzene rings is 3. The van der Waals surface area contributed by atoms with Crippen LogP contribution in [0.3, 0.4) is 0 Å². The van der Waals surface area contributed by atoms with E-state index in [1.165, 1.54) is 0 Å². The smallest absolute Gasteiger partial charge is 0.269 e. The molecule has 7 nitrogen and oxygen atoms in total. The molecule has 0 unspecified atom stereocenters. The van der Waals surface area contributed by atoms with E-state index >= 15 is 0 Å². The van der Waals surface area contributed by atoms with Gasteiger partial charge in [-0.15, -0.1) is 0 Å². The molecule has 36 heavy (non-hydrogen) atoms. The average molecular weight is 571 g/mol. The van der Waals surface area contributed by atoms with Crippen molar-refractivity contribution in [1.29, 1.82) is 0 Å². The largest absolute Gasteiger partial charge is 0.493 e. The van der Waals surface area contributed by atoms with Gasteiger partial charge in [-0.1, -0.05) is 60.1 Å². The number of thiocarbonyl (C=S) groups is 1. The van der Waals surface area contributed by atoms with Gasteiger partial charge in [-0.25, -0.2) is 0 Å². The van der Waals surface area contributed by atoms with Gasteiger partial charge in [0.05, 0.1) is 18.8 Å². The van der Waals surface area contributed by atoms with Gasteiger partial charge in [-0.2, -0.15) is 0 Å². The van der Waals surface area contributed by atoms with Crippen LogP contribution in [0.5, 0.6) is 11.5 Å². The number of nitrogens with one attached hydrogen (secondary N) is 3. The summed E-state index contributed by atoms with van der Waals surface area (Å²) in [5.41, 5.74) is 6.89. The normalized spacial score (nSPS) is 10.4. The molecule has 3 aromatic rings. The minimum atomic E-state index is -0.468. The van der Waals surface area contributed by atoms with Crippen molar-refractivity contribution in [2.75, 3.05) is 13.2 Å². The predicted molar refractivity (Wildman–Crippen MR) is 147 cm³/mol. The van der Waals surface area contributed by atoms with Crippen LogP contribution in [0.2, 0.25) is 0 Å². The topological polar surface area (TPSA) is 88.7 Å². The predicted octanol–water partition coefficient (Wildman–Crippen LogP) is 5.05. The molecule has 0 saturated heterocycles. The van der Waals surface area contributed by atoms with E-state index < -0.39 is 11.8 Å². The van der Waals surface area contributed by atoms with Crippen molar-refractivity contribution in [1.82, 2.24) is 16.2 Å². The summed E-state index contributed by atoms with van der Waals surface area (Å²) in [5, 5.41) is 2.51. The molecule has 3 N–H and O–H groups in total. The van der Waals surface area contributed by atoms with Crippen molar-refractivity contribution in [3.05, 3.63) is 94.0 Å². The van der Waals surface area contributed by atoms with Crippen molar-refractivity contribution in [3.63, 3.8) is 0 Å². The van der Waals surface area contributed by atoms with Gasteiger partial charge in [0.2, 0.25) is 0 Å². The first-order valence-electron chi connectivity index (χ1n) is 11.4. The summed E-state index contributed by atoms with van der Waals surface area (Å²) >= 11 is 8.56. The Morgan fingerprint density at radius 1 is 0.917 bits per heavy atom. The van der Waals surface area contributed by atoms with Crippen LogP contribution in [0.1, 0.15) is 40.1 Å². The highest BCUT2D eigenvalue weighted by Crippen LogP contribution is 2.23. The van der Waals surface area contributed by atoms with E-state index in [0.29, 0.717) is 48.2 Å². The zero-order valence-electron chi connectivity index (χ0n) is 20.0. The molecule has 0 aliphatic heterocycles. The molecular formula is C27H28BrN3O4S. The third kappa shape index (κ3) is 8.66. The first-order valence-corrected chi connectivity index (χ1v) is 12.6. The number of carbonyl (C=O) groups is 2. The molecule has 3 rings (SSSR count). The van der Waals surface area contributed by atoms with Gasteiger partial charge >= 0.3 is 0 Å². The zero-order chi connectivity index (χ0) is 25.9. The van der Waals surface area contributed by atoms with Crippen LogP contribution in [-0.2, 0) is 6.42 Å². The van der Waals surface area contributed by atoms with Crippen molar-refractivity contribution in [2.45, 2.75) is 20.3 Å². The highest BCUT2D eigenvalue weighted by molar-refractivity contribution is 9.10. The number of ether oxygens (including phenoxy) is 2. The van der Waals surface area contributed by atoms with Crippen LogP contribution in [0.25, 0.3) is 0 Å². The van der Waals surface area contributed by atoms with Crippen LogP contribution in [0.15, 0.2) is 77.3 Å². The molecule has 3 aromatic carbocycles. The maximum Gasteiger partial charge on any atom is 0.269 e. The molecule has 0 aromatic heterocycles. The molecule has 0 spiro atoms. The van der Waals surface area contributed by atoms with Crippen molar-refractivity contribution >= 4 is 45.1 Å². The molecule has 0 bridgehead atoms. The van der Waals surface area contributed by atoms with Crippen molar-refractivity contribution < 1.29 is 19.1 Å². The number of rotatable bonds is 9. The van der Waals surface area contributed by atoms with Crippen molar-refractivity contribution in [2.24, 2.45) is 5.92 Å². The maximum atomic E-state index is 12.9. The molecule has 0 saturated carbocycles. The van der Waals surface area contributed by atoms with Gasteiger partial charge in [0.15, 0.2) is 5.11 Å². The number of hydrogen-bond acceptors (Lipinski definition) is 5. The molecule has 0 radical (unpaired) electrons. The summed E-state index contributed by atoms with van der Waals surface area (Å²) in [7, 11) is 0. The van der Waals surface area contributed by atoms with Crippen LogP contribution in [0.4, 0.5) is 0 Å². The standard InChI is InChI=1S/C27H28BrN3O4S/c1-18(2)17-35-22-11-8-20(9-12-22)25(32)30-31-27(36)29-26(33)23-16-21(28)10-13-24(23)34-15-14-19-6-4-3-5-7-19/h3-13,16,18H,14-15,17H2,1-2H3,(H,30,32)(H2,29,31,33,36). The lowest BCUT2D eigenvalue weighted by Gasteiger charge is -2.14. The lowest BCUT2D eigenvalue weighted by Crippen LogP contribution is -2.48. The Kier molecular flexibility index (Phi) is 10.3. The fourth-order valence-electron chi connectivity index (χ4n) is 3.08. The van der Waals surface area contributed by atoms with E-state index in [0.717, 1.165) is 10.0 Å². The lowest BCUT2D eigenvalue weighted by atomic mass is 10.1. The number of halogens is 1. The fourth-order valence-corrected chi connectivity index (χ4v) is 3.59. The molecule has 0 heterocycles. The van der Waals surface area contributed by atoms with Crippen LogP contribution < -0.4 is 25.6 Å². The molecular weight excluding hydrogens is 542 g/mol. The Hall–Kier alpha value is -3.43. The molecule has 0 aliphatic carbocycles. The van der Waals surface area contributed by atoms with E-state index in [9.17, 15) is 9.59 Å². The summed E-state index contributed by atoms with van der Waals surface area (Å²) in [4.78, 5) is 25.3. The van der Waals surface area contributed by atoms with Gasteiger partial charge in [0.25, 0.3) is 11.8 Å². The van der Waals surface area contributed by atoms with E-state index in [4.69, 9.17) is 21.7 Å². The Morgan fingerprint density at radius 3 is 2.33 bits per heavy atom. The molecule has 0 aliphatic rings. The highest BCUT2D eigenvalue weighted by Gasteiger charge is 2.15. The zero-order valence-corrected chi connectivity index (χ0v) is 22.4. The third-order valence-electron chi connectivity index (χ3n) is 4.89. The van der Waals surface area contributed by atoms with Crippen molar-refractivity contribution in [3.8, 4) is 11.5 Å². The molecule has 9 heteroatoms.